The van der Waals surface area contributed by atoms with Gasteiger partial charge in [-0.1, -0.05) is 18.2 Å². The van der Waals surface area contributed by atoms with Crippen LogP contribution in [0.15, 0.2) is 54.2 Å². The summed E-state index contributed by atoms with van der Waals surface area (Å²) in [5.41, 5.74) is 0.784. The molecule has 4 nitrogen and oxygen atoms in total. The molecule has 1 N–H and O–H groups in total. The number of ether oxygens (including phenoxy) is 1. The van der Waals surface area contributed by atoms with Crippen molar-refractivity contribution < 1.29 is 22.7 Å². The van der Waals surface area contributed by atoms with Crippen LogP contribution in [0.2, 0.25) is 0 Å². The number of thiocarbonyl (C=S) groups is 1. The van der Waals surface area contributed by atoms with Crippen molar-refractivity contribution in [1.29, 1.82) is 0 Å². The number of alkyl halides is 2. The van der Waals surface area contributed by atoms with E-state index in [4.69, 9.17) is 12.2 Å². The Kier molecular flexibility index (Phi) is 4.71. The van der Waals surface area contributed by atoms with Crippen LogP contribution in [0.25, 0.3) is 6.08 Å². The number of nitrogens with one attached hydrogen (secondary N) is 1. The topological polar surface area (TPSA) is 41.6 Å². The molecule has 1 heterocycles. The monoisotopic (exact) mass is 364 g/mol. The minimum atomic E-state index is -2.98. The largest absolute Gasteiger partial charge is 0.434 e. The molecule has 1 amide bonds. The fourth-order valence-electron chi connectivity index (χ4n) is 2.32. The zero-order valence-electron chi connectivity index (χ0n) is 12.6. The molecule has 0 unspecified atom stereocenters. The van der Waals surface area contributed by atoms with Crippen molar-refractivity contribution in [3.63, 3.8) is 0 Å². The van der Waals surface area contributed by atoms with Crippen molar-refractivity contribution >= 4 is 35.0 Å². The lowest BCUT2D eigenvalue weighted by molar-refractivity contribution is -0.113. The van der Waals surface area contributed by atoms with E-state index in [1.54, 1.807) is 12.1 Å². The predicted molar refractivity (Wildman–Crippen MR) is 90.7 cm³/mol. The minimum absolute atomic E-state index is 0.0641. The van der Waals surface area contributed by atoms with Crippen molar-refractivity contribution in [3.05, 3.63) is 65.6 Å². The van der Waals surface area contributed by atoms with E-state index >= 15 is 0 Å². The first-order valence-corrected chi connectivity index (χ1v) is 7.53. The molecule has 8 heteroatoms. The van der Waals surface area contributed by atoms with Crippen molar-refractivity contribution in [2.45, 2.75) is 6.61 Å². The zero-order chi connectivity index (χ0) is 18.0. The number of nitrogens with zero attached hydrogens (tertiary/aromatic N) is 1. The summed E-state index contributed by atoms with van der Waals surface area (Å²) in [4.78, 5) is 13.8. The molecular weight excluding hydrogens is 353 g/mol. The maximum atomic E-state index is 13.0. The zero-order valence-corrected chi connectivity index (χ0v) is 13.4. The van der Waals surface area contributed by atoms with Gasteiger partial charge in [-0.15, -0.1) is 0 Å². The van der Waals surface area contributed by atoms with Gasteiger partial charge < -0.3 is 10.1 Å². The van der Waals surface area contributed by atoms with Crippen LogP contribution in [0.1, 0.15) is 5.56 Å². The maximum absolute atomic E-state index is 13.0. The first-order valence-electron chi connectivity index (χ1n) is 7.12. The average Bonchev–Trinajstić information content (AvgIpc) is 2.84. The molecule has 2 aromatic rings. The number of amides is 1. The molecule has 3 rings (SSSR count). The molecule has 1 aliphatic heterocycles. The molecule has 0 aromatic heterocycles. The second-order valence-corrected chi connectivity index (χ2v) is 5.41. The Morgan fingerprint density at radius 1 is 1.12 bits per heavy atom. The van der Waals surface area contributed by atoms with Crippen LogP contribution >= 0.6 is 12.2 Å². The Morgan fingerprint density at radius 3 is 2.48 bits per heavy atom. The lowest BCUT2D eigenvalue weighted by atomic mass is 10.1. The maximum Gasteiger partial charge on any atom is 0.387 e. The fourth-order valence-corrected chi connectivity index (χ4v) is 2.62. The second kappa shape index (κ2) is 6.94. The number of carbonyl (C=O) groups excluding carboxylic acids is 1. The molecular formula is C17H11F3N2O2S. The number of carbonyl (C=O) groups is 1. The number of rotatable bonds is 4. The van der Waals surface area contributed by atoms with Gasteiger partial charge in [-0.05, 0) is 48.6 Å². The molecule has 0 atom stereocenters. The summed E-state index contributed by atoms with van der Waals surface area (Å²) in [6, 6.07) is 11.3. The predicted octanol–water partition coefficient (Wildman–Crippen LogP) is 3.69. The van der Waals surface area contributed by atoms with Crippen LogP contribution in [0.5, 0.6) is 5.75 Å². The van der Waals surface area contributed by atoms with Gasteiger partial charge in [-0.25, -0.2) is 4.39 Å². The van der Waals surface area contributed by atoms with E-state index in [1.807, 2.05) is 0 Å². The van der Waals surface area contributed by atoms with Crippen molar-refractivity contribution in [2.75, 3.05) is 4.90 Å². The van der Waals surface area contributed by atoms with Gasteiger partial charge in [0.15, 0.2) is 5.11 Å². The number of anilines is 1. The van der Waals surface area contributed by atoms with Crippen molar-refractivity contribution in [2.24, 2.45) is 0 Å². The van der Waals surface area contributed by atoms with Gasteiger partial charge >= 0.3 is 6.61 Å². The summed E-state index contributed by atoms with van der Waals surface area (Å²) in [6.45, 7) is -2.98. The third-order valence-electron chi connectivity index (χ3n) is 3.40. The minimum Gasteiger partial charge on any atom is -0.434 e. The van der Waals surface area contributed by atoms with Gasteiger partial charge in [0, 0.05) is 5.56 Å². The highest BCUT2D eigenvalue weighted by Crippen LogP contribution is 2.26. The highest BCUT2D eigenvalue weighted by atomic mass is 32.1. The smallest absolute Gasteiger partial charge is 0.387 e. The van der Waals surface area contributed by atoms with E-state index in [1.165, 1.54) is 47.4 Å². The van der Waals surface area contributed by atoms with E-state index in [9.17, 15) is 18.0 Å². The average molecular weight is 364 g/mol. The van der Waals surface area contributed by atoms with E-state index in [2.05, 4.69) is 10.1 Å². The molecule has 128 valence electrons. The molecule has 1 saturated heterocycles. The highest BCUT2D eigenvalue weighted by Gasteiger charge is 2.32. The first kappa shape index (κ1) is 17.0. The number of hydrogen-bond acceptors (Lipinski definition) is 3. The molecule has 0 bridgehead atoms. The van der Waals surface area contributed by atoms with Crippen LogP contribution in [-0.2, 0) is 4.79 Å². The summed E-state index contributed by atoms with van der Waals surface area (Å²) < 4.78 is 42.4. The van der Waals surface area contributed by atoms with E-state index in [0.29, 0.717) is 11.3 Å². The molecule has 0 radical (unpaired) electrons. The SMILES string of the molecule is O=C1/C(=C\c2ccccc2OC(F)F)NC(=S)N1c1ccc(F)cc1. The van der Waals surface area contributed by atoms with Crippen LogP contribution in [0.3, 0.4) is 0 Å². The quantitative estimate of drug-likeness (QED) is 0.664. The Balaban J connectivity index is 1.92. The summed E-state index contributed by atoms with van der Waals surface area (Å²) in [5, 5.41) is 2.83. The summed E-state index contributed by atoms with van der Waals surface area (Å²) in [6.07, 6.45) is 1.37. The van der Waals surface area contributed by atoms with Crippen molar-refractivity contribution in [3.8, 4) is 5.75 Å². The molecule has 2 aromatic carbocycles. The molecule has 1 fully saturated rings. The standard InChI is InChI=1S/C17H11F3N2O2S/c18-11-5-7-12(8-6-11)22-15(23)13(21-17(22)25)9-10-3-1-2-4-14(10)24-16(19)20/h1-9,16H,(H,21,25)/b13-9+. The van der Waals surface area contributed by atoms with Gasteiger partial charge in [0.05, 0.1) is 5.69 Å². The van der Waals surface area contributed by atoms with Crippen LogP contribution in [-0.4, -0.2) is 17.6 Å². The van der Waals surface area contributed by atoms with E-state index < -0.39 is 18.3 Å². The number of para-hydroxylation sites is 1. The van der Waals surface area contributed by atoms with E-state index in [0.717, 1.165) is 0 Å². The Hall–Kier alpha value is -2.87. The van der Waals surface area contributed by atoms with Gasteiger partial charge in [0.25, 0.3) is 5.91 Å². The lowest BCUT2D eigenvalue weighted by Gasteiger charge is -2.13. The van der Waals surface area contributed by atoms with Gasteiger partial charge in [0.1, 0.15) is 17.3 Å². The van der Waals surface area contributed by atoms with Crippen LogP contribution < -0.4 is 15.0 Å². The number of halogens is 3. The molecule has 1 aliphatic rings. The van der Waals surface area contributed by atoms with Crippen LogP contribution in [0, 0.1) is 5.82 Å². The summed E-state index contributed by atoms with van der Waals surface area (Å²) in [7, 11) is 0. The summed E-state index contributed by atoms with van der Waals surface area (Å²) >= 11 is 5.14. The van der Waals surface area contributed by atoms with E-state index in [-0.39, 0.29) is 16.6 Å². The lowest BCUT2D eigenvalue weighted by Crippen LogP contribution is -2.30. The van der Waals surface area contributed by atoms with Gasteiger partial charge in [-0.2, -0.15) is 8.78 Å². The normalized spacial score (nSPS) is 15.8. The summed E-state index contributed by atoms with van der Waals surface area (Å²) in [5.74, 6) is -0.989. The Bertz CT molecular complexity index is 853. The molecule has 25 heavy (non-hydrogen) atoms. The Morgan fingerprint density at radius 2 is 1.80 bits per heavy atom. The second-order valence-electron chi connectivity index (χ2n) is 5.02. The third kappa shape index (κ3) is 3.63. The Labute approximate surface area is 146 Å². The van der Waals surface area contributed by atoms with Gasteiger partial charge in [-0.3, -0.25) is 9.69 Å². The molecule has 0 spiro atoms. The van der Waals surface area contributed by atoms with Crippen LogP contribution in [0.4, 0.5) is 18.9 Å². The van der Waals surface area contributed by atoms with Gasteiger partial charge in [0.2, 0.25) is 0 Å². The first-order chi connectivity index (χ1) is 12.0. The fraction of sp³-hybridized carbons (Fsp3) is 0.0588. The molecule has 0 saturated carbocycles. The molecule has 0 aliphatic carbocycles. The number of hydrogen-bond donors (Lipinski definition) is 1. The number of benzene rings is 2. The van der Waals surface area contributed by atoms with Crippen molar-refractivity contribution in [1.82, 2.24) is 5.32 Å². The highest BCUT2D eigenvalue weighted by molar-refractivity contribution is 7.80. The third-order valence-corrected chi connectivity index (χ3v) is 3.68.